The minimum atomic E-state index is -0.898. The van der Waals surface area contributed by atoms with E-state index in [0.29, 0.717) is 13.0 Å². The van der Waals surface area contributed by atoms with Gasteiger partial charge in [-0.25, -0.2) is 0 Å². The van der Waals surface area contributed by atoms with Crippen molar-refractivity contribution in [1.82, 2.24) is 4.90 Å². The Morgan fingerprint density at radius 1 is 0.833 bits per heavy atom. The molecule has 0 saturated carbocycles. The van der Waals surface area contributed by atoms with E-state index >= 15 is 0 Å². The number of phenolic OH excluding ortho intramolecular Hbond substituents is 1. The minimum absolute atomic E-state index is 0.0377. The van der Waals surface area contributed by atoms with E-state index in [1.165, 1.54) is 0 Å². The molecule has 0 fully saturated rings. The molecule has 0 heterocycles. The Morgan fingerprint density at radius 3 is 1.83 bits per heavy atom. The molecule has 0 aliphatic heterocycles. The van der Waals surface area contributed by atoms with Crippen molar-refractivity contribution in [3.05, 3.63) is 102 Å². The molecule has 8 nitrogen and oxygen atoms in total. The fourth-order valence-corrected chi connectivity index (χ4v) is 4.36. The van der Waals surface area contributed by atoms with Gasteiger partial charge in [0.2, 0.25) is 11.8 Å². The summed E-state index contributed by atoms with van der Waals surface area (Å²) < 4.78 is 0. The summed E-state index contributed by atoms with van der Waals surface area (Å²) in [6.45, 7) is 2.16. The first-order chi connectivity index (χ1) is 17.3. The summed E-state index contributed by atoms with van der Waals surface area (Å²) in [6, 6.07) is 24.1. The van der Waals surface area contributed by atoms with Gasteiger partial charge in [0.25, 0.3) is 0 Å². The lowest BCUT2D eigenvalue weighted by molar-refractivity contribution is -0.142. The van der Waals surface area contributed by atoms with Gasteiger partial charge in [0.05, 0.1) is 12.0 Å². The number of guanidine groups is 1. The van der Waals surface area contributed by atoms with Crippen LogP contribution in [0.1, 0.15) is 48.4 Å². The van der Waals surface area contributed by atoms with Crippen molar-refractivity contribution in [1.29, 1.82) is 0 Å². The number of aromatic hydroxyl groups is 1. The third-order valence-electron chi connectivity index (χ3n) is 6.15. The second-order valence-corrected chi connectivity index (χ2v) is 8.63. The predicted molar refractivity (Wildman–Crippen MR) is 141 cm³/mol. The zero-order valence-corrected chi connectivity index (χ0v) is 20.3. The molecule has 3 aromatic carbocycles. The van der Waals surface area contributed by atoms with Crippen LogP contribution in [0.3, 0.4) is 0 Å². The van der Waals surface area contributed by atoms with E-state index in [2.05, 4.69) is 4.99 Å². The van der Waals surface area contributed by atoms with Crippen LogP contribution in [-0.2, 0) is 9.59 Å². The number of nitrogens with two attached hydrogens (primary N) is 3. The maximum absolute atomic E-state index is 14.4. The Hall–Kier alpha value is -4.33. The van der Waals surface area contributed by atoms with Gasteiger partial charge in [0.1, 0.15) is 11.8 Å². The number of carbonyl (C=O) groups is 2. The lowest BCUT2D eigenvalue weighted by atomic mass is 9.88. The molecule has 188 valence electrons. The molecule has 8 heteroatoms. The second-order valence-electron chi connectivity index (χ2n) is 8.63. The second kappa shape index (κ2) is 12.4. The average Bonchev–Trinajstić information content (AvgIpc) is 2.87. The van der Waals surface area contributed by atoms with Gasteiger partial charge in [-0.15, -0.1) is 0 Å². The molecular formula is C28H33N5O3. The van der Waals surface area contributed by atoms with Crippen LogP contribution in [-0.4, -0.2) is 40.4 Å². The van der Waals surface area contributed by atoms with Crippen molar-refractivity contribution in [2.45, 2.75) is 37.8 Å². The van der Waals surface area contributed by atoms with Gasteiger partial charge in [-0.2, -0.15) is 0 Å². The Balaban J connectivity index is 2.08. The van der Waals surface area contributed by atoms with Gasteiger partial charge >= 0.3 is 0 Å². The number of primary amides is 1. The van der Waals surface area contributed by atoms with E-state index < -0.39 is 23.9 Å². The molecule has 0 bridgehead atoms. The SMILES string of the molecule is C[C@H](c1ccc(O)cc1)N(C(=O)C(c1ccccc1)c1ccccc1)[C@H](CCCN=C(N)N)C(N)=O. The third kappa shape index (κ3) is 6.63. The summed E-state index contributed by atoms with van der Waals surface area (Å²) in [7, 11) is 0. The average molecular weight is 488 g/mol. The highest BCUT2D eigenvalue weighted by molar-refractivity contribution is 5.92. The molecule has 0 unspecified atom stereocenters. The number of aliphatic imine (C=N–C) groups is 1. The van der Waals surface area contributed by atoms with Crippen molar-refractivity contribution >= 4 is 17.8 Å². The van der Waals surface area contributed by atoms with Crippen LogP contribution < -0.4 is 17.2 Å². The molecule has 0 radical (unpaired) electrons. The van der Waals surface area contributed by atoms with E-state index in [1.54, 1.807) is 29.2 Å². The third-order valence-corrected chi connectivity index (χ3v) is 6.15. The van der Waals surface area contributed by atoms with Crippen LogP contribution in [0, 0.1) is 0 Å². The van der Waals surface area contributed by atoms with Crippen molar-refractivity contribution in [2.75, 3.05) is 6.54 Å². The smallest absolute Gasteiger partial charge is 0.240 e. The van der Waals surface area contributed by atoms with Crippen LogP contribution >= 0.6 is 0 Å². The van der Waals surface area contributed by atoms with Gasteiger partial charge < -0.3 is 27.2 Å². The molecular weight excluding hydrogens is 454 g/mol. The molecule has 2 amide bonds. The number of amides is 2. The molecule has 36 heavy (non-hydrogen) atoms. The monoisotopic (exact) mass is 487 g/mol. The quantitative estimate of drug-likeness (QED) is 0.186. The molecule has 7 N–H and O–H groups in total. The summed E-state index contributed by atoms with van der Waals surface area (Å²) in [5.41, 5.74) is 19.1. The fraction of sp³-hybridized carbons (Fsp3) is 0.250. The molecule has 0 aromatic heterocycles. The minimum Gasteiger partial charge on any atom is -0.508 e. The standard InChI is InChI=1S/C28H33N5O3/c1-19(20-14-16-23(34)17-15-20)33(24(26(29)35)13-8-18-32-28(30)31)27(36)25(21-9-4-2-5-10-21)22-11-6-3-7-12-22/h2-7,9-12,14-17,19,24-25,34H,8,13,18H2,1H3,(H2,29,35)(H4,30,31,32)/t19-,24-/m1/s1. The lowest BCUT2D eigenvalue weighted by Crippen LogP contribution is -2.50. The molecule has 3 rings (SSSR count). The van der Waals surface area contributed by atoms with Crippen LogP contribution in [0.25, 0.3) is 0 Å². The summed E-state index contributed by atoms with van der Waals surface area (Å²) in [4.78, 5) is 32.7. The Bertz CT molecular complexity index is 1120. The maximum Gasteiger partial charge on any atom is 0.240 e. The molecule has 0 saturated heterocycles. The van der Waals surface area contributed by atoms with Crippen molar-refractivity contribution in [3.63, 3.8) is 0 Å². The van der Waals surface area contributed by atoms with Crippen molar-refractivity contribution in [3.8, 4) is 5.75 Å². The van der Waals surface area contributed by atoms with Crippen LogP contribution in [0.2, 0.25) is 0 Å². The maximum atomic E-state index is 14.4. The zero-order valence-electron chi connectivity index (χ0n) is 20.3. The first kappa shape index (κ1) is 26.3. The summed E-state index contributed by atoms with van der Waals surface area (Å²) in [5.74, 6) is -1.44. The number of hydrogen-bond donors (Lipinski definition) is 4. The first-order valence-corrected chi connectivity index (χ1v) is 11.8. The first-order valence-electron chi connectivity index (χ1n) is 11.8. The number of hydrogen-bond acceptors (Lipinski definition) is 4. The van der Waals surface area contributed by atoms with Gasteiger partial charge in [-0.1, -0.05) is 72.8 Å². The van der Waals surface area contributed by atoms with E-state index in [4.69, 9.17) is 17.2 Å². The lowest BCUT2D eigenvalue weighted by Gasteiger charge is -2.38. The topological polar surface area (TPSA) is 148 Å². The predicted octanol–water partition coefficient (Wildman–Crippen LogP) is 3.02. The number of phenols is 1. The van der Waals surface area contributed by atoms with Crippen molar-refractivity contribution < 1.29 is 14.7 Å². The van der Waals surface area contributed by atoms with E-state index in [0.717, 1.165) is 16.7 Å². The normalized spacial score (nSPS) is 12.5. The zero-order chi connectivity index (χ0) is 26.1. The van der Waals surface area contributed by atoms with Crippen molar-refractivity contribution in [2.24, 2.45) is 22.2 Å². The Labute approximate surface area is 211 Å². The summed E-state index contributed by atoms with van der Waals surface area (Å²) >= 11 is 0. The Morgan fingerprint density at radius 2 is 1.36 bits per heavy atom. The molecule has 0 aliphatic carbocycles. The highest BCUT2D eigenvalue weighted by atomic mass is 16.3. The number of rotatable bonds is 11. The van der Waals surface area contributed by atoms with Gasteiger partial charge in [0.15, 0.2) is 5.96 Å². The molecule has 3 aromatic rings. The highest BCUT2D eigenvalue weighted by Crippen LogP contribution is 2.33. The fourth-order valence-electron chi connectivity index (χ4n) is 4.36. The van der Waals surface area contributed by atoms with E-state index in [-0.39, 0.29) is 24.0 Å². The van der Waals surface area contributed by atoms with Crippen LogP contribution in [0.15, 0.2) is 89.9 Å². The van der Waals surface area contributed by atoms with Gasteiger partial charge in [-0.05, 0) is 48.6 Å². The van der Waals surface area contributed by atoms with E-state index in [9.17, 15) is 14.7 Å². The Kier molecular flexibility index (Phi) is 9.05. The van der Waals surface area contributed by atoms with Gasteiger partial charge in [-0.3, -0.25) is 14.6 Å². The highest BCUT2D eigenvalue weighted by Gasteiger charge is 2.37. The largest absolute Gasteiger partial charge is 0.508 e. The van der Waals surface area contributed by atoms with E-state index in [1.807, 2.05) is 67.6 Å². The van der Waals surface area contributed by atoms with Crippen LogP contribution in [0.5, 0.6) is 5.75 Å². The number of benzene rings is 3. The summed E-state index contributed by atoms with van der Waals surface area (Å²) in [6.07, 6.45) is 0.746. The van der Waals surface area contributed by atoms with Crippen LogP contribution in [0.4, 0.5) is 0 Å². The molecule has 2 atom stereocenters. The molecule has 0 aliphatic rings. The number of nitrogens with zero attached hydrogens (tertiary/aromatic N) is 2. The van der Waals surface area contributed by atoms with Gasteiger partial charge in [0, 0.05) is 6.54 Å². The summed E-state index contributed by atoms with van der Waals surface area (Å²) in [5, 5.41) is 9.77. The molecule has 0 spiro atoms. The number of carbonyl (C=O) groups excluding carboxylic acids is 2.